The van der Waals surface area contributed by atoms with E-state index < -0.39 is 0 Å². The van der Waals surface area contributed by atoms with Gasteiger partial charge in [0.2, 0.25) is 0 Å². The minimum absolute atomic E-state index is 0.0443. The Morgan fingerprint density at radius 3 is 2.90 bits per heavy atom. The number of likely N-dealkylation sites (N-methyl/N-ethyl adjacent to an activating group) is 1. The van der Waals surface area contributed by atoms with Crippen LogP contribution in [0.4, 0.5) is 0 Å². The van der Waals surface area contributed by atoms with Crippen molar-refractivity contribution in [1.29, 1.82) is 0 Å². The van der Waals surface area contributed by atoms with Gasteiger partial charge in [-0.15, -0.1) is 0 Å². The summed E-state index contributed by atoms with van der Waals surface area (Å²) in [4.78, 5) is 2.33. The highest BCUT2D eigenvalue weighted by atomic mass is 35.5. The lowest BCUT2D eigenvalue weighted by Gasteiger charge is -2.33. The van der Waals surface area contributed by atoms with Crippen LogP contribution in [0.5, 0.6) is 5.75 Å². The van der Waals surface area contributed by atoms with Crippen molar-refractivity contribution in [2.45, 2.75) is 31.9 Å². The molecule has 1 aromatic rings. The van der Waals surface area contributed by atoms with E-state index in [0.717, 1.165) is 43.9 Å². The zero-order valence-electron chi connectivity index (χ0n) is 12.8. The van der Waals surface area contributed by atoms with Crippen LogP contribution < -0.4 is 10.5 Å². The van der Waals surface area contributed by atoms with Gasteiger partial charge in [-0.25, -0.2) is 0 Å². The average molecular weight is 313 g/mol. The second-order valence-electron chi connectivity index (χ2n) is 5.33. The number of rotatable bonds is 7. The summed E-state index contributed by atoms with van der Waals surface area (Å²) in [6, 6.07) is 5.77. The number of hydrogen-bond acceptors (Lipinski definition) is 4. The first-order valence-corrected chi connectivity index (χ1v) is 7.97. The Balaban J connectivity index is 2.23. The number of nitrogens with two attached hydrogens (primary N) is 1. The van der Waals surface area contributed by atoms with E-state index in [1.165, 1.54) is 0 Å². The summed E-state index contributed by atoms with van der Waals surface area (Å²) in [5.74, 6) is 0.795. The van der Waals surface area contributed by atoms with E-state index >= 15 is 0 Å². The van der Waals surface area contributed by atoms with E-state index in [4.69, 9.17) is 26.8 Å². The topological polar surface area (TPSA) is 47.7 Å². The minimum Gasteiger partial charge on any atom is -0.496 e. The van der Waals surface area contributed by atoms with E-state index in [-0.39, 0.29) is 6.04 Å². The molecule has 2 atom stereocenters. The van der Waals surface area contributed by atoms with Crippen LogP contribution in [-0.2, 0) is 4.74 Å². The fraction of sp³-hybridized carbons (Fsp3) is 0.625. The Labute approximate surface area is 132 Å². The lowest BCUT2D eigenvalue weighted by molar-refractivity contribution is 0.0597. The molecule has 0 radical (unpaired) electrons. The van der Waals surface area contributed by atoms with Crippen molar-refractivity contribution in [1.82, 2.24) is 4.90 Å². The second kappa shape index (κ2) is 7.99. The van der Waals surface area contributed by atoms with Gasteiger partial charge in [0, 0.05) is 30.3 Å². The highest BCUT2D eigenvalue weighted by Crippen LogP contribution is 2.35. The summed E-state index contributed by atoms with van der Waals surface area (Å²) in [7, 11) is 1.67. The average Bonchev–Trinajstić information content (AvgIpc) is 3.01. The Hall–Kier alpha value is -0.810. The molecule has 2 rings (SSSR count). The van der Waals surface area contributed by atoms with Crippen LogP contribution in [0.2, 0.25) is 5.02 Å². The summed E-state index contributed by atoms with van der Waals surface area (Å²) in [5, 5.41) is 0.704. The predicted octanol–water partition coefficient (Wildman–Crippen LogP) is 2.85. The largest absolute Gasteiger partial charge is 0.496 e. The second-order valence-corrected chi connectivity index (χ2v) is 5.74. The number of hydrogen-bond donors (Lipinski definition) is 1. The maximum atomic E-state index is 6.41. The number of halogens is 1. The lowest BCUT2D eigenvalue weighted by atomic mass is 10.0. The smallest absolute Gasteiger partial charge is 0.125 e. The third kappa shape index (κ3) is 3.89. The van der Waals surface area contributed by atoms with Crippen molar-refractivity contribution in [2.75, 3.05) is 33.4 Å². The van der Waals surface area contributed by atoms with Crippen molar-refractivity contribution in [3.63, 3.8) is 0 Å². The maximum absolute atomic E-state index is 6.41. The van der Waals surface area contributed by atoms with Gasteiger partial charge in [0.25, 0.3) is 0 Å². The van der Waals surface area contributed by atoms with E-state index in [1.807, 2.05) is 18.2 Å². The van der Waals surface area contributed by atoms with Crippen LogP contribution in [0.3, 0.4) is 0 Å². The lowest BCUT2D eigenvalue weighted by Crippen LogP contribution is -2.39. The van der Waals surface area contributed by atoms with Crippen molar-refractivity contribution < 1.29 is 9.47 Å². The van der Waals surface area contributed by atoms with Crippen LogP contribution in [0.25, 0.3) is 0 Å². The monoisotopic (exact) mass is 312 g/mol. The highest BCUT2D eigenvalue weighted by Gasteiger charge is 2.27. The van der Waals surface area contributed by atoms with Gasteiger partial charge in [0.05, 0.1) is 19.3 Å². The summed E-state index contributed by atoms with van der Waals surface area (Å²) < 4.78 is 11.2. The first-order chi connectivity index (χ1) is 10.2. The molecule has 5 heteroatoms. The molecule has 1 aliphatic rings. The Morgan fingerprint density at radius 1 is 1.52 bits per heavy atom. The highest BCUT2D eigenvalue weighted by molar-refractivity contribution is 6.31. The summed E-state index contributed by atoms with van der Waals surface area (Å²) in [6.45, 7) is 5.29. The predicted molar refractivity (Wildman–Crippen MR) is 86.0 cm³/mol. The third-order valence-corrected chi connectivity index (χ3v) is 4.43. The molecule has 118 valence electrons. The van der Waals surface area contributed by atoms with Crippen molar-refractivity contribution in [2.24, 2.45) is 5.73 Å². The first kappa shape index (κ1) is 16.6. The standard InChI is InChI=1S/C16H25ClN2O2/c1-3-19(11-12-6-5-9-21-12)14(10-18)16-13(17)7-4-8-15(16)20-2/h4,7-8,12,14H,3,5-6,9-11,18H2,1-2H3. The van der Waals surface area contributed by atoms with Crippen molar-refractivity contribution in [3.05, 3.63) is 28.8 Å². The molecule has 0 amide bonds. The third-order valence-electron chi connectivity index (χ3n) is 4.10. The van der Waals surface area contributed by atoms with E-state index in [9.17, 15) is 0 Å². The van der Waals surface area contributed by atoms with Gasteiger partial charge < -0.3 is 15.2 Å². The molecule has 2 N–H and O–H groups in total. The van der Waals surface area contributed by atoms with Crippen molar-refractivity contribution in [3.8, 4) is 5.75 Å². The van der Waals surface area contributed by atoms with Gasteiger partial charge in [-0.2, -0.15) is 0 Å². The van der Waals surface area contributed by atoms with Crippen LogP contribution in [0, 0.1) is 0 Å². The van der Waals surface area contributed by atoms with Crippen LogP contribution in [0.1, 0.15) is 31.4 Å². The molecule has 1 aromatic carbocycles. The van der Waals surface area contributed by atoms with Gasteiger partial charge in [0.1, 0.15) is 5.75 Å². The van der Waals surface area contributed by atoms with Crippen LogP contribution in [0.15, 0.2) is 18.2 Å². The molecule has 0 spiro atoms. The SMILES string of the molecule is CCN(CC1CCCO1)C(CN)c1c(Cl)cccc1OC. The van der Waals surface area contributed by atoms with Gasteiger partial charge >= 0.3 is 0 Å². The molecule has 1 aliphatic heterocycles. The molecular weight excluding hydrogens is 288 g/mol. The number of ether oxygens (including phenoxy) is 2. The molecule has 1 fully saturated rings. The van der Waals surface area contributed by atoms with Gasteiger partial charge in [0.15, 0.2) is 0 Å². The summed E-state index contributed by atoms with van der Waals surface area (Å²) >= 11 is 6.41. The molecular formula is C16H25ClN2O2. The zero-order valence-corrected chi connectivity index (χ0v) is 13.6. The summed E-state index contributed by atoms with van der Waals surface area (Å²) in [6.07, 6.45) is 2.56. The van der Waals surface area contributed by atoms with Crippen LogP contribution in [-0.4, -0.2) is 44.4 Å². The van der Waals surface area contributed by atoms with E-state index in [0.29, 0.717) is 17.7 Å². The quantitative estimate of drug-likeness (QED) is 0.841. The molecule has 0 aromatic heterocycles. The molecule has 2 unspecified atom stereocenters. The minimum atomic E-state index is 0.0443. The van der Waals surface area contributed by atoms with Gasteiger partial charge in [-0.3, -0.25) is 4.90 Å². The Bertz CT molecular complexity index is 450. The molecule has 0 saturated carbocycles. The Morgan fingerprint density at radius 2 is 2.33 bits per heavy atom. The van der Waals surface area contributed by atoms with Gasteiger partial charge in [-0.05, 0) is 31.5 Å². The number of methoxy groups -OCH3 is 1. The van der Waals surface area contributed by atoms with E-state index in [1.54, 1.807) is 7.11 Å². The first-order valence-electron chi connectivity index (χ1n) is 7.59. The normalized spacial score (nSPS) is 20.0. The molecule has 1 heterocycles. The molecule has 4 nitrogen and oxygen atoms in total. The maximum Gasteiger partial charge on any atom is 0.125 e. The summed E-state index contributed by atoms with van der Waals surface area (Å²) in [5.41, 5.74) is 7.03. The molecule has 21 heavy (non-hydrogen) atoms. The van der Waals surface area contributed by atoms with Crippen LogP contribution >= 0.6 is 11.6 Å². The molecule has 0 bridgehead atoms. The number of benzene rings is 1. The number of nitrogens with zero attached hydrogens (tertiary/aromatic N) is 1. The van der Waals surface area contributed by atoms with Crippen molar-refractivity contribution >= 4 is 11.6 Å². The molecule has 0 aliphatic carbocycles. The zero-order chi connectivity index (χ0) is 15.2. The molecule has 1 saturated heterocycles. The fourth-order valence-electron chi connectivity index (χ4n) is 2.99. The van der Waals surface area contributed by atoms with E-state index in [2.05, 4.69) is 11.8 Å². The fourth-order valence-corrected chi connectivity index (χ4v) is 3.29. The Kier molecular flexibility index (Phi) is 6.30. The van der Waals surface area contributed by atoms with Gasteiger partial charge in [-0.1, -0.05) is 24.6 Å².